The van der Waals surface area contributed by atoms with E-state index in [-0.39, 0.29) is 18.1 Å². The van der Waals surface area contributed by atoms with Gasteiger partial charge in [0.15, 0.2) is 11.6 Å². The number of aromatic nitrogens is 2. The molecule has 1 atom stereocenters. The lowest BCUT2D eigenvalue weighted by Gasteiger charge is -2.28. The quantitative estimate of drug-likeness (QED) is 0.909. The van der Waals surface area contributed by atoms with Gasteiger partial charge in [-0.1, -0.05) is 6.07 Å². The predicted octanol–water partition coefficient (Wildman–Crippen LogP) is 1.09. The summed E-state index contributed by atoms with van der Waals surface area (Å²) >= 11 is 0. The summed E-state index contributed by atoms with van der Waals surface area (Å²) in [6, 6.07) is 5.69. The molecule has 0 saturated carbocycles. The van der Waals surface area contributed by atoms with Crippen LogP contribution in [0.1, 0.15) is 22.8 Å². The number of nitrogens with zero attached hydrogens (tertiary/aromatic N) is 4. The largest absolute Gasteiger partial charge is 0.448 e. The first-order chi connectivity index (χ1) is 11.0. The molecule has 0 aliphatic carbocycles. The van der Waals surface area contributed by atoms with Gasteiger partial charge in [0.1, 0.15) is 17.7 Å². The number of carbonyl (C=O) groups excluding carboxylic acids is 1. The Morgan fingerprint density at radius 1 is 1.52 bits per heavy atom. The second kappa shape index (κ2) is 6.00. The van der Waals surface area contributed by atoms with Crippen molar-refractivity contribution in [3.63, 3.8) is 0 Å². The molecule has 0 unspecified atom stereocenters. The van der Waals surface area contributed by atoms with Crippen LogP contribution < -0.4 is 4.90 Å². The smallest absolute Gasteiger partial charge is 0.275 e. The molecule has 3 heterocycles. The number of carbonyl (C=O) groups is 1. The zero-order valence-electron chi connectivity index (χ0n) is 13.3. The van der Waals surface area contributed by atoms with E-state index in [2.05, 4.69) is 9.97 Å². The highest BCUT2D eigenvalue weighted by atomic mass is 16.3. The minimum atomic E-state index is -0.958. The lowest BCUT2D eigenvalue weighted by molar-refractivity contribution is 0.0262. The fraction of sp³-hybridized carbons (Fsp3) is 0.438. The van der Waals surface area contributed by atoms with Crippen molar-refractivity contribution in [3.05, 3.63) is 42.2 Å². The molecule has 3 rings (SSSR count). The van der Waals surface area contributed by atoms with Crippen LogP contribution in [-0.2, 0) is 0 Å². The van der Waals surface area contributed by atoms with E-state index in [4.69, 9.17) is 4.42 Å². The molecular formula is C16H20N4O3. The third-order valence-electron chi connectivity index (χ3n) is 4.02. The topological polar surface area (TPSA) is 82.7 Å². The zero-order valence-corrected chi connectivity index (χ0v) is 13.3. The maximum absolute atomic E-state index is 12.3. The van der Waals surface area contributed by atoms with Gasteiger partial charge in [-0.25, -0.2) is 9.97 Å². The third kappa shape index (κ3) is 3.34. The summed E-state index contributed by atoms with van der Waals surface area (Å²) in [5.41, 5.74) is -0.700. The number of hydrogen-bond acceptors (Lipinski definition) is 6. The molecule has 0 spiro atoms. The summed E-state index contributed by atoms with van der Waals surface area (Å²) in [5.74, 6) is 1.03. The first-order valence-electron chi connectivity index (χ1n) is 7.53. The summed E-state index contributed by atoms with van der Waals surface area (Å²) < 4.78 is 5.07. The van der Waals surface area contributed by atoms with E-state index in [0.29, 0.717) is 25.4 Å². The summed E-state index contributed by atoms with van der Waals surface area (Å²) in [6.07, 6.45) is 3.65. The molecule has 1 amide bonds. The van der Waals surface area contributed by atoms with Crippen molar-refractivity contribution in [3.8, 4) is 0 Å². The Labute approximate surface area is 134 Å². The monoisotopic (exact) mass is 316 g/mol. The molecule has 7 heteroatoms. The average Bonchev–Trinajstić information content (AvgIpc) is 3.14. The number of rotatable bonds is 4. The molecule has 7 nitrogen and oxygen atoms in total. The van der Waals surface area contributed by atoms with Crippen molar-refractivity contribution in [2.24, 2.45) is 0 Å². The SMILES string of the molecule is Cc1nc(C(=O)N(C)C[C@@]2(O)CCN(c3ccccn3)C2)co1. The van der Waals surface area contributed by atoms with Gasteiger partial charge in [0.05, 0.1) is 6.54 Å². The second-order valence-electron chi connectivity index (χ2n) is 6.00. The van der Waals surface area contributed by atoms with E-state index in [1.165, 1.54) is 11.2 Å². The van der Waals surface area contributed by atoms with Crippen LogP contribution in [-0.4, -0.2) is 58.2 Å². The zero-order chi connectivity index (χ0) is 16.4. The van der Waals surface area contributed by atoms with E-state index in [1.807, 2.05) is 23.1 Å². The summed E-state index contributed by atoms with van der Waals surface area (Å²) in [5, 5.41) is 10.8. The Hall–Kier alpha value is -2.41. The number of hydrogen-bond donors (Lipinski definition) is 1. The number of amides is 1. The number of anilines is 1. The van der Waals surface area contributed by atoms with Crippen LogP contribution in [0.2, 0.25) is 0 Å². The standard InChI is InChI=1S/C16H20N4O3/c1-12-18-13(9-23-12)15(21)19(2)10-16(22)6-8-20(11-16)14-5-3-4-7-17-14/h3-5,7,9,22H,6,8,10-11H2,1-2H3/t16-/m0/s1. The van der Waals surface area contributed by atoms with Crippen molar-refractivity contribution in [2.45, 2.75) is 18.9 Å². The normalized spacial score (nSPS) is 20.7. The highest BCUT2D eigenvalue weighted by molar-refractivity contribution is 5.91. The van der Waals surface area contributed by atoms with Crippen LogP contribution in [0, 0.1) is 6.92 Å². The van der Waals surface area contributed by atoms with Crippen LogP contribution in [0.4, 0.5) is 5.82 Å². The number of aliphatic hydroxyl groups is 1. The van der Waals surface area contributed by atoms with Crippen LogP contribution in [0.3, 0.4) is 0 Å². The Morgan fingerprint density at radius 3 is 3.00 bits per heavy atom. The van der Waals surface area contributed by atoms with Crippen molar-refractivity contribution in [2.75, 3.05) is 31.6 Å². The minimum absolute atomic E-state index is 0.237. The molecule has 0 aromatic carbocycles. The molecule has 1 N–H and O–H groups in total. The van der Waals surface area contributed by atoms with Gasteiger partial charge in [-0.05, 0) is 18.6 Å². The Morgan fingerprint density at radius 2 is 2.35 bits per heavy atom. The Kier molecular flexibility index (Phi) is 4.04. The van der Waals surface area contributed by atoms with Crippen molar-refractivity contribution >= 4 is 11.7 Å². The molecule has 1 saturated heterocycles. The molecule has 122 valence electrons. The summed E-state index contributed by atoms with van der Waals surface area (Å²) in [6.45, 7) is 3.07. The van der Waals surface area contributed by atoms with Crippen LogP contribution >= 0.6 is 0 Å². The third-order valence-corrected chi connectivity index (χ3v) is 4.02. The molecule has 2 aromatic rings. The van der Waals surface area contributed by atoms with Crippen LogP contribution in [0.25, 0.3) is 0 Å². The first-order valence-corrected chi connectivity index (χ1v) is 7.53. The van der Waals surface area contributed by atoms with E-state index in [9.17, 15) is 9.90 Å². The lowest BCUT2D eigenvalue weighted by atomic mass is 10.0. The van der Waals surface area contributed by atoms with E-state index >= 15 is 0 Å². The van der Waals surface area contributed by atoms with Crippen molar-refractivity contribution in [1.82, 2.24) is 14.9 Å². The van der Waals surface area contributed by atoms with Crippen molar-refractivity contribution in [1.29, 1.82) is 0 Å². The molecule has 1 aliphatic heterocycles. The molecule has 0 radical (unpaired) electrons. The highest BCUT2D eigenvalue weighted by Gasteiger charge is 2.38. The predicted molar refractivity (Wildman–Crippen MR) is 84.2 cm³/mol. The average molecular weight is 316 g/mol. The van der Waals surface area contributed by atoms with E-state index < -0.39 is 5.60 Å². The van der Waals surface area contributed by atoms with Gasteiger partial charge < -0.3 is 19.3 Å². The molecule has 1 aliphatic rings. The van der Waals surface area contributed by atoms with Gasteiger partial charge >= 0.3 is 0 Å². The number of β-amino-alcohol motifs (C(OH)–C–C–N with tert-alkyl or cyclic N) is 1. The maximum atomic E-state index is 12.3. The number of likely N-dealkylation sites (N-methyl/N-ethyl adjacent to an activating group) is 1. The lowest BCUT2D eigenvalue weighted by Crippen LogP contribution is -2.46. The van der Waals surface area contributed by atoms with E-state index in [0.717, 1.165) is 5.82 Å². The molecule has 0 bridgehead atoms. The Bertz CT molecular complexity index is 688. The van der Waals surface area contributed by atoms with Gasteiger partial charge in [-0.3, -0.25) is 4.79 Å². The second-order valence-corrected chi connectivity index (χ2v) is 6.00. The highest BCUT2D eigenvalue weighted by Crippen LogP contribution is 2.26. The maximum Gasteiger partial charge on any atom is 0.275 e. The summed E-state index contributed by atoms with van der Waals surface area (Å²) in [4.78, 5) is 24.2. The van der Waals surface area contributed by atoms with Crippen LogP contribution in [0.15, 0.2) is 35.1 Å². The molecular weight excluding hydrogens is 296 g/mol. The fourth-order valence-corrected chi connectivity index (χ4v) is 2.89. The summed E-state index contributed by atoms with van der Waals surface area (Å²) in [7, 11) is 1.66. The van der Waals surface area contributed by atoms with Crippen molar-refractivity contribution < 1.29 is 14.3 Å². The number of pyridine rings is 1. The van der Waals surface area contributed by atoms with Gasteiger partial charge in [0.25, 0.3) is 5.91 Å². The minimum Gasteiger partial charge on any atom is -0.448 e. The molecule has 1 fully saturated rings. The number of oxazole rings is 1. The Balaban J connectivity index is 1.64. The van der Waals surface area contributed by atoms with Gasteiger partial charge in [0, 0.05) is 33.3 Å². The van der Waals surface area contributed by atoms with Gasteiger partial charge in [-0.2, -0.15) is 0 Å². The molecule has 2 aromatic heterocycles. The fourth-order valence-electron chi connectivity index (χ4n) is 2.89. The van der Waals surface area contributed by atoms with Gasteiger partial charge in [0.2, 0.25) is 0 Å². The first kappa shape index (κ1) is 15.5. The van der Waals surface area contributed by atoms with Crippen LogP contribution in [0.5, 0.6) is 0 Å². The molecule has 23 heavy (non-hydrogen) atoms. The van der Waals surface area contributed by atoms with Gasteiger partial charge in [-0.15, -0.1) is 0 Å². The number of aryl methyl sites for hydroxylation is 1. The van der Waals surface area contributed by atoms with E-state index in [1.54, 1.807) is 20.2 Å².